The van der Waals surface area contributed by atoms with Crippen molar-refractivity contribution in [1.29, 1.82) is 0 Å². The van der Waals surface area contributed by atoms with Crippen molar-refractivity contribution in [1.82, 2.24) is 14.8 Å². The fraction of sp³-hybridized carbons (Fsp3) is 0.529. The van der Waals surface area contributed by atoms with Crippen molar-refractivity contribution in [2.75, 3.05) is 39.3 Å². The number of aromatic nitrogens is 1. The van der Waals surface area contributed by atoms with E-state index in [0.717, 1.165) is 49.7 Å². The zero-order valence-electron chi connectivity index (χ0n) is 12.9. The van der Waals surface area contributed by atoms with Crippen LogP contribution in [0, 0.1) is 0 Å². The Balaban J connectivity index is 1.69. The molecule has 0 atom stereocenters. The summed E-state index contributed by atoms with van der Waals surface area (Å²) in [6.45, 7) is 6.44. The van der Waals surface area contributed by atoms with E-state index in [-0.39, 0.29) is 6.61 Å². The van der Waals surface area contributed by atoms with Crippen LogP contribution in [-0.4, -0.2) is 53.9 Å². The highest BCUT2D eigenvalue weighted by Gasteiger charge is 2.11. The summed E-state index contributed by atoms with van der Waals surface area (Å²) < 4.78 is 2.11. The van der Waals surface area contributed by atoms with Crippen LogP contribution >= 0.6 is 11.6 Å². The van der Waals surface area contributed by atoms with E-state index in [9.17, 15) is 5.11 Å². The fourth-order valence-corrected chi connectivity index (χ4v) is 3.43. The van der Waals surface area contributed by atoms with E-state index in [4.69, 9.17) is 11.6 Å². The van der Waals surface area contributed by atoms with E-state index in [1.54, 1.807) is 0 Å². The van der Waals surface area contributed by atoms with Gasteiger partial charge in [0.25, 0.3) is 0 Å². The minimum absolute atomic E-state index is 0.149. The summed E-state index contributed by atoms with van der Waals surface area (Å²) in [7, 11) is 0. The first-order chi connectivity index (χ1) is 10.8. The molecular formula is C17H24ClN3O. The highest BCUT2D eigenvalue weighted by molar-refractivity contribution is 6.31. The Hall–Kier alpha value is -1.07. The molecule has 0 saturated carbocycles. The van der Waals surface area contributed by atoms with Gasteiger partial charge in [0.05, 0.1) is 6.61 Å². The zero-order chi connectivity index (χ0) is 15.4. The monoisotopic (exact) mass is 321 g/mol. The summed E-state index contributed by atoms with van der Waals surface area (Å²) in [5.41, 5.74) is 2.48. The van der Waals surface area contributed by atoms with Crippen molar-refractivity contribution in [3.05, 3.63) is 35.0 Å². The molecule has 1 fully saturated rings. The van der Waals surface area contributed by atoms with Gasteiger partial charge in [-0.1, -0.05) is 17.7 Å². The molecule has 1 saturated heterocycles. The molecule has 1 aromatic heterocycles. The molecule has 0 spiro atoms. The lowest BCUT2D eigenvalue weighted by Crippen LogP contribution is -2.43. The highest BCUT2D eigenvalue weighted by atomic mass is 35.5. The van der Waals surface area contributed by atoms with Gasteiger partial charge in [0, 0.05) is 54.8 Å². The Morgan fingerprint density at radius 2 is 2.00 bits per heavy atom. The summed E-state index contributed by atoms with van der Waals surface area (Å²) >= 11 is 6.12. The number of halogens is 1. The second-order valence-corrected chi connectivity index (χ2v) is 6.36. The molecule has 2 aromatic rings. The lowest BCUT2D eigenvalue weighted by Gasteiger charge is -2.26. The number of aliphatic hydroxyl groups is 1. The Labute approximate surface area is 136 Å². The number of nitrogens with one attached hydrogen (secondary N) is 1. The van der Waals surface area contributed by atoms with E-state index in [0.29, 0.717) is 6.54 Å². The first-order valence-corrected chi connectivity index (χ1v) is 8.47. The molecule has 0 unspecified atom stereocenters. The van der Waals surface area contributed by atoms with Crippen LogP contribution in [0.4, 0.5) is 0 Å². The first kappa shape index (κ1) is 15.8. The predicted molar refractivity (Wildman–Crippen MR) is 91.7 cm³/mol. The van der Waals surface area contributed by atoms with Crippen LogP contribution in [-0.2, 0) is 13.0 Å². The maximum Gasteiger partial charge on any atom is 0.0610 e. The second-order valence-electron chi connectivity index (χ2n) is 5.93. The molecule has 0 aliphatic carbocycles. The summed E-state index contributed by atoms with van der Waals surface area (Å²) in [6, 6.07) is 6.05. The first-order valence-electron chi connectivity index (χ1n) is 8.09. The van der Waals surface area contributed by atoms with Gasteiger partial charge in [-0.25, -0.2) is 0 Å². The molecule has 22 heavy (non-hydrogen) atoms. The van der Waals surface area contributed by atoms with Crippen molar-refractivity contribution in [2.45, 2.75) is 19.4 Å². The van der Waals surface area contributed by atoms with Crippen LogP contribution < -0.4 is 5.32 Å². The molecule has 1 aliphatic heterocycles. The van der Waals surface area contributed by atoms with Gasteiger partial charge in [-0.3, -0.25) is 0 Å². The molecule has 1 aliphatic rings. The normalized spacial score (nSPS) is 16.5. The number of fused-ring (bicyclic) bond motifs is 1. The molecule has 0 bridgehead atoms. The van der Waals surface area contributed by atoms with Gasteiger partial charge in [-0.05, 0) is 37.1 Å². The van der Waals surface area contributed by atoms with Crippen LogP contribution in [0.3, 0.4) is 0 Å². The molecule has 120 valence electrons. The number of benzene rings is 1. The standard InChI is InChI=1S/C17H24ClN3O/c18-15-3-4-16-14(13-21(10-11-22)17(16)12-15)2-1-7-20-8-5-19-6-9-20/h3-4,12-13,19,22H,1-2,5-11H2. The van der Waals surface area contributed by atoms with Gasteiger partial charge in [0.15, 0.2) is 0 Å². The predicted octanol–water partition coefficient (Wildman–Crippen LogP) is 2.12. The average molecular weight is 322 g/mol. The van der Waals surface area contributed by atoms with Crippen LogP contribution in [0.25, 0.3) is 10.9 Å². The van der Waals surface area contributed by atoms with Crippen LogP contribution in [0.2, 0.25) is 5.02 Å². The average Bonchev–Trinajstić information content (AvgIpc) is 2.86. The Kier molecular flexibility index (Phi) is 5.37. The van der Waals surface area contributed by atoms with Gasteiger partial charge in [-0.15, -0.1) is 0 Å². The molecule has 1 aromatic carbocycles. The van der Waals surface area contributed by atoms with Crippen LogP contribution in [0.1, 0.15) is 12.0 Å². The van der Waals surface area contributed by atoms with Crippen molar-refractivity contribution >= 4 is 22.5 Å². The topological polar surface area (TPSA) is 40.4 Å². The summed E-state index contributed by atoms with van der Waals surface area (Å²) in [5, 5.41) is 14.6. The summed E-state index contributed by atoms with van der Waals surface area (Å²) in [6.07, 6.45) is 4.41. The number of hydrogen-bond acceptors (Lipinski definition) is 3. The minimum Gasteiger partial charge on any atom is -0.395 e. The molecule has 5 heteroatoms. The molecule has 4 nitrogen and oxygen atoms in total. The fourth-order valence-electron chi connectivity index (χ4n) is 3.26. The Bertz CT molecular complexity index is 620. The SMILES string of the molecule is OCCn1cc(CCCN2CCNCC2)c2ccc(Cl)cc21. The number of aryl methyl sites for hydroxylation is 1. The van der Waals surface area contributed by atoms with E-state index in [2.05, 4.69) is 27.0 Å². The third-order valence-corrected chi connectivity index (χ3v) is 4.63. The van der Waals surface area contributed by atoms with E-state index < -0.39 is 0 Å². The van der Waals surface area contributed by atoms with Crippen LogP contribution in [0.5, 0.6) is 0 Å². The van der Waals surface area contributed by atoms with E-state index in [1.807, 2.05) is 12.1 Å². The second kappa shape index (κ2) is 7.47. The number of nitrogens with zero attached hydrogens (tertiary/aromatic N) is 2. The molecule has 0 amide bonds. The molecule has 2 N–H and O–H groups in total. The van der Waals surface area contributed by atoms with E-state index >= 15 is 0 Å². The quantitative estimate of drug-likeness (QED) is 0.856. The third kappa shape index (κ3) is 3.63. The van der Waals surface area contributed by atoms with Crippen LogP contribution in [0.15, 0.2) is 24.4 Å². The smallest absolute Gasteiger partial charge is 0.0610 e. The van der Waals surface area contributed by atoms with Crippen molar-refractivity contribution in [3.8, 4) is 0 Å². The highest BCUT2D eigenvalue weighted by Crippen LogP contribution is 2.26. The summed E-state index contributed by atoms with van der Waals surface area (Å²) in [5.74, 6) is 0. The van der Waals surface area contributed by atoms with Crippen molar-refractivity contribution in [2.24, 2.45) is 0 Å². The minimum atomic E-state index is 0.149. The maximum atomic E-state index is 9.24. The molecule has 2 heterocycles. The largest absolute Gasteiger partial charge is 0.395 e. The number of aliphatic hydroxyl groups excluding tert-OH is 1. The number of piperazine rings is 1. The lowest BCUT2D eigenvalue weighted by molar-refractivity contribution is 0.238. The Morgan fingerprint density at radius 3 is 2.77 bits per heavy atom. The number of hydrogen-bond donors (Lipinski definition) is 2. The van der Waals surface area contributed by atoms with Gasteiger partial charge < -0.3 is 19.9 Å². The lowest BCUT2D eigenvalue weighted by atomic mass is 10.1. The van der Waals surface area contributed by atoms with Gasteiger partial charge in [-0.2, -0.15) is 0 Å². The molecule has 3 rings (SSSR count). The van der Waals surface area contributed by atoms with Gasteiger partial charge >= 0.3 is 0 Å². The Morgan fingerprint density at radius 1 is 1.18 bits per heavy atom. The van der Waals surface area contributed by atoms with Gasteiger partial charge in [0.2, 0.25) is 0 Å². The molecule has 0 radical (unpaired) electrons. The zero-order valence-corrected chi connectivity index (χ0v) is 13.6. The van der Waals surface area contributed by atoms with Gasteiger partial charge in [0.1, 0.15) is 0 Å². The van der Waals surface area contributed by atoms with Crippen molar-refractivity contribution < 1.29 is 5.11 Å². The third-order valence-electron chi connectivity index (χ3n) is 4.40. The maximum absolute atomic E-state index is 9.24. The number of rotatable bonds is 6. The van der Waals surface area contributed by atoms with Crippen molar-refractivity contribution in [3.63, 3.8) is 0 Å². The van der Waals surface area contributed by atoms with E-state index in [1.165, 1.54) is 17.4 Å². The molecular weight excluding hydrogens is 298 g/mol. The summed E-state index contributed by atoms with van der Waals surface area (Å²) in [4.78, 5) is 2.53.